The minimum Gasteiger partial charge on any atom is -0.382 e. The molecule has 2 atom stereocenters. The molecular weight excluding hydrogens is 541 g/mol. The highest BCUT2D eigenvalue weighted by Crippen LogP contribution is 2.29. The second-order valence-corrected chi connectivity index (χ2v) is 9.98. The summed E-state index contributed by atoms with van der Waals surface area (Å²) in [5, 5.41) is 31.6. The Balaban J connectivity index is 1.26. The first-order valence-corrected chi connectivity index (χ1v) is 13.1. The Hall–Kier alpha value is -5.53. The molecule has 0 radical (unpaired) electrons. The maximum atomic E-state index is 14.7. The Bertz CT molecular complexity index is 1820. The van der Waals surface area contributed by atoms with Gasteiger partial charge in [-0.3, -0.25) is 19.7 Å². The van der Waals surface area contributed by atoms with E-state index in [-0.39, 0.29) is 31.0 Å². The number of fused-ring (bicyclic) bond motifs is 1. The molecule has 4 N–H and O–H groups in total. The van der Waals surface area contributed by atoms with Crippen LogP contribution in [0.4, 0.5) is 10.1 Å². The first-order valence-electron chi connectivity index (χ1n) is 13.1. The van der Waals surface area contributed by atoms with E-state index in [1.165, 1.54) is 9.58 Å². The van der Waals surface area contributed by atoms with Crippen molar-refractivity contribution < 1.29 is 14.0 Å². The fraction of sp³-hybridized carbons (Fsp3) is 0.214. The summed E-state index contributed by atoms with van der Waals surface area (Å²) in [5.74, 6) is -0.717. The van der Waals surface area contributed by atoms with Gasteiger partial charge in [-0.15, -0.1) is 10.2 Å². The Labute approximate surface area is 238 Å². The smallest absolute Gasteiger partial charge is 0.247 e. The summed E-state index contributed by atoms with van der Waals surface area (Å²) in [4.78, 5) is 28.2. The zero-order valence-corrected chi connectivity index (χ0v) is 22.5. The fourth-order valence-corrected chi connectivity index (χ4v) is 5.20. The van der Waals surface area contributed by atoms with E-state index < -0.39 is 24.0 Å². The van der Waals surface area contributed by atoms with Crippen LogP contribution in [0.15, 0.2) is 67.3 Å². The number of alkyl halides is 1. The fourth-order valence-electron chi connectivity index (χ4n) is 5.20. The minimum atomic E-state index is -1.36. The second-order valence-electron chi connectivity index (χ2n) is 9.98. The standard InChI is InChI=1S/C28H26FN11O2/c1-38-15-34-36-27(38)19-4-2-3-5-21(19)35-28(42)23-11-18(29)13-39(23)24(41)14-40-22-7-6-16(17-8-9-32-33-12-17)10-20(22)25(37-40)26(30)31/h2-10,12,15,18,23H,11,13-14H2,1H3,(H3,30,31)(H,35,42). The molecule has 13 nitrogen and oxygen atoms in total. The van der Waals surface area contributed by atoms with Crippen LogP contribution >= 0.6 is 0 Å². The normalized spacial score (nSPS) is 16.6. The summed E-state index contributed by atoms with van der Waals surface area (Å²) >= 11 is 0. The van der Waals surface area contributed by atoms with Crippen molar-refractivity contribution in [1.29, 1.82) is 5.41 Å². The van der Waals surface area contributed by atoms with Gasteiger partial charge in [-0.25, -0.2) is 4.39 Å². The van der Waals surface area contributed by atoms with Gasteiger partial charge in [0.1, 0.15) is 36.6 Å². The number of carbonyl (C=O) groups is 2. The number of amides is 2. The van der Waals surface area contributed by atoms with E-state index in [1.807, 2.05) is 18.2 Å². The van der Waals surface area contributed by atoms with E-state index >= 15 is 0 Å². The number of aromatic nitrogens is 7. The molecule has 42 heavy (non-hydrogen) atoms. The number of likely N-dealkylation sites (tertiary alicyclic amines) is 1. The molecule has 2 unspecified atom stereocenters. The molecule has 1 saturated heterocycles. The molecule has 0 aliphatic carbocycles. The molecule has 3 aromatic heterocycles. The number of carbonyl (C=O) groups excluding carboxylic acids is 2. The van der Waals surface area contributed by atoms with Gasteiger partial charge in [-0.05, 0) is 35.9 Å². The summed E-state index contributed by atoms with van der Waals surface area (Å²) < 4.78 is 17.8. The molecular formula is C28H26FN11O2. The van der Waals surface area contributed by atoms with Crippen LogP contribution < -0.4 is 11.1 Å². The van der Waals surface area contributed by atoms with Gasteiger partial charge >= 0.3 is 0 Å². The van der Waals surface area contributed by atoms with Crippen molar-refractivity contribution in [3.05, 3.63) is 72.9 Å². The van der Waals surface area contributed by atoms with Crippen molar-refractivity contribution in [2.75, 3.05) is 11.9 Å². The molecule has 2 aromatic carbocycles. The average molecular weight is 568 g/mol. The molecule has 0 saturated carbocycles. The molecule has 212 valence electrons. The summed E-state index contributed by atoms with van der Waals surface area (Å²) in [6.07, 6.45) is 3.23. The summed E-state index contributed by atoms with van der Waals surface area (Å²) in [6, 6.07) is 13.3. The highest BCUT2D eigenvalue weighted by atomic mass is 19.1. The molecule has 1 aliphatic heterocycles. The van der Waals surface area contributed by atoms with Crippen LogP contribution in [0.25, 0.3) is 33.4 Å². The highest BCUT2D eigenvalue weighted by molar-refractivity contribution is 6.06. The first-order chi connectivity index (χ1) is 20.3. The monoisotopic (exact) mass is 567 g/mol. The molecule has 0 bridgehead atoms. The summed E-state index contributed by atoms with van der Waals surface area (Å²) in [7, 11) is 1.78. The number of nitrogen functional groups attached to an aromatic ring is 1. The van der Waals surface area contributed by atoms with Crippen LogP contribution in [-0.2, 0) is 23.2 Å². The van der Waals surface area contributed by atoms with Crippen molar-refractivity contribution >= 4 is 34.2 Å². The lowest BCUT2D eigenvalue weighted by Crippen LogP contribution is -2.44. The van der Waals surface area contributed by atoms with Crippen LogP contribution in [0.2, 0.25) is 0 Å². The van der Waals surface area contributed by atoms with Crippen molar-refractivity contribution in [3.8, 4) is 22.5 Å². The highest BCUT2D eigenvalue weighted by Gasteiger charge is 2.40. The van der Waals surface area contributed by atoms with E-state index in [0.717, 1.165) is 11.1 Å². The number of nitrogens with zero attached hydrogens (tertiary/aromatic N) is 8. The molecule has 1 aliphatic rings. The van der Waals surface area contributed by atoms with Gasteiger partial charge in [-0.2, -0.15) is 15.3 Å². The van der Waals surface area contributed by atoms with Crippen molar-refractivity contribution in [2.24, 2.45) is 12.8 Å². The molecule has 4 heterocycles. The van der Waals surface area contributed by atoms with E-state index in [0.29, 0.717) is 28.0 Å². The van der Waals surface area contributed by atoms with Crippen LogP contribution in [0.3, 0.4) is 0 Å². The third-order valence-corrected chi connectivity index (χ3v) is 7.22. The Morgan fingerprint density at radius 1 is 1.12 bits per heavy atom. The number of halogens is 1. The Morgan fingerprint density at radius 2 is 1.95 bits per heavy atom. The SMILES string of the molecule is Cn1cnnc1-c1ccccc1NC(=O)C1CC(F)CN1C(=O)Cn1nc(C(=N)N)c2cc(-c3ccnnc3)ccc21. The first kappa shape index (κ1) is 26.7. The van der Waals surface area contributed by atoms with Crippen LogP contribution in [0.5, 0.6) is 0 Å². The van der Waals surface area contributed by atoms with E-state index in [2.05, 4.69) is 30.8 Å². The molecule has 2 amide bonds. The lowest BCUT2D eigenvalue weighted by Gasteiger charge is -2.24. The number of aryl methyl sites for hydroxylation is 1. The number of amidine groups is 1. The number of nitrogens with two attached hydrogens (primary N) is 1. The van der Waals surface area contributed by atoms with Gasteiger partial charge in [-0.1, -0.05) is 18.2 Å². The Morgan fingerprint density at radius 3 is 2.69 bits per heavy atom. The number of hydrogen-bond acceptors (Lipinski definition) is 8. The minimum absolute atomic E-state index is 0.133. The van der Waals surface area contributed by atoms with E-state index in [1.54, 1.807) is 60.7 Å². The topological polar surface area (TPSA) is 174 Å². The Kier molecular flexibility index (Phi) is 6.86. The quantitative estimate of drug-likeness (QED) is 0.198. The van der Waals surface area contributed by atoms with Crippen LogP contribution in [-0.4, -0.2) is 76.1 Å². The maximum absolute atomic E-state index is 14.7. The molecule has 5 aromatic rings. The third kappa shape index (κ3) is 4.93. The number of anilines is 1. The molecule has 14 heteroatoms. The zero-order chi connectivity index (χ0) is 29.4. The van der Waals surface area contributed by atoms with Crippen LogP contribution in [0, 0.1) is 5.41 Å². The van der Waals surface area contributed by atoms with Gasteiger partial charge < -0.3 is 20.5 Å². The van der Waals surface area contributed by atoms with Crippen LogP contribution in [0.1, 0.15) is 12.1 Å². The van der Waals surface area contributed by atoms with Gasteiger partial charge in [0.15, 0.2) is 5.82 Å². The third-order valence-electron chi connectivity index (χ3n) is 7.22. The van der Waals surface area contributed by atoms with Crippen molar-refractivity contribution in [3.63, 3.8) is 0 Å². The van der Waals surface area contributed by atoms with Gasteiger partial charge in [0, 0.05) is 30.0 Å². The maximum Gasteiger partial charge on any atom is 0.247 e. The predicted molar refractivity (Wildman–Crippen MR) is 152 cm³/mol. The average Bonchev–Trinajstić information content (AvgIpc) is 3.70. The zero-order valence-electron chi connectivity index (χ0n) is 22.5. The summed E-state index contributed by atoms with van der Waals surface area (Å²) in [5.41, 5.74) is 9.32. The molecule has 0 spiro atoms. The second kappa shape index (κ2) is 10.8. The predicted octanol–water partition coefficient (Wildman–Crippen LogP) is 2.15. The van der Waals surface area contributed by atoms with Crippen molar-refractivity contribution in [1.82, 2.24) is 39.6 Å². The number of benzene rings is 2. The van der Waals surface area contributed by atoms with Crippen molar-refractivity contribution in [2.45, 2.75) is 25.2 Å². The number of rotatable bonds is 7. The molecule has 1 fully saturated rings. The van der Waals surface area contributed by atoms with Gasteiger partial charge in [0.2, 0.25) is 11.8 Å². The lowest BCUT2D eigenvalue weighted by atomic mass is 10.0. The largest absolute Gasteiger partial charge is 0.382 e. The van der Waals surface area contributed by atoms with E-state index in [4.69, 9.17) is 11.1 Å². The lowest BCUT2D eigenvalue weighted by molar-refractivity contribution is -0.137. The number of nitrogens with one attached hydrogen (secondary N) is 2. The number of para-hydroxylation sites is 1. The number of hydrogen-bond donors (Lipinski definition) is 3. The molecule has 6 rings (SSSR count). The summed E-state index contributed by atoms with van der Waals surface area (Å²) in [6.45, 7) is -0.494. The van der Waals surface area contributed by atoms with Gasteiger partial charge in [0.05, 0.1) is 30.1 Å². The van der Waals surface area contributed by atoms with Gasteiger partial charge in [0.25, 0.3) is 0 Å². The van der Waals surface area contributed by atoms with E-state index in [9.17, 15) is 14.0 Å².